The molecule has 2 aromatic rings. The van der Waals surface area contributed by atoms with Gasteiger partial charge in [-0.15, -0.1) is 0 Å². The first-order valence-electron chi connectivity index (χ1n) is 6.09. The van der Waals surface area contributed by atoms with Crippen LogP contribution in [0.25, 0.3) is 0 Å². The van der Waals surface area contributed by atoms with Crippen molar-refractivity contribution in [3.05, 3.63) is 53.5 Å². The summed E-state index contributed by atoms with van der Waals surface area (Å²) in [4.78, 5) is 0. The molecule has 0 fully saturated rings. The van der Waals surface area contributed by atoms with Crippen LogP contribution in [0.1, 0.15) is 30.0 Å². The van der Waals surface area contributed by atoms with E-state index < -0.39 is 0 Å². The fourth-order valence-corrected chi connectivity index (χ4v) is 1.80. The third-order valence-corrected chi connectivity index (χ3v) is 2.97. The van der Waals surface area contributed by atoms with Crippen molar-refractivity contribution in [1.82, 2.24) is 5.32 Å². The summed E-state index contributed by atoms with van der Waals surface area (Å²) in [5.74, 6) is 1.95. The largest absolute Gasteiger partial charge is 0.497 e. The van der Waals surface area contributed by atoms with Crippen molar-refractivity contribution in [3.63, 3.8) is 0 Å². The predicted octanol–water partition coefficient (Wildman–Crippen LogP) is 3.01. The minimum Gasteiger partial charge on any atom is -0.497 e. The molecule has 0 aliphatic carbocycles. The van der Waals surface area contributed by atoms with Gasteiger partial charge in [-0.1, -0.05) is 12.1 Å². The van der Waals surface area contributed by atoms with E-state index in [-0.39, 0.29) is 6.04 Å². The smallest absolute Gasteiger partial charge is 0.203 e. The summed E-state index contributed by atoms with van der Waals surface area (Å²) in [6, 6.07) is 13.6. The maximum absolute atomic E-state index is 8.68. The molecule has 2 rings (SSSR count). The highest BCUT2D eigenvalue weighted by molar-refractivity contribution is 5.28. The van der Waals surface area contributed by atoms with Gasteiger partial charge in [0.2, 0.25) is 5.76 Å². The molecule has 0 radical (unpaired) electrons. The Morgan fingerprint density at radius 2 is 2.00 bits per heavy atom. The van der Waals surface area contributed by atoms with Crippen LogP contribution in [0.2, 0.25) is 0 Å². The highest BCUT2D eigenvalue weighted by Gasteiger charge is 2.07. The molecule has 19 heavy (non-hydrogen) atoms. The topological polar surface area (TPSA) is 58.2 Å². The fourth-order valence-electron chi connectivity index (χ4n) is 1.80. The quantitative estimate of drug-likeness (QED) is 0.893. The molecule has 1 aromatic carbocycles. The van der Waals surface area contributed by atoms with Crippen molar-refractivity contribution in [1.29, 1.82) is 5.26 Å². The number of hydrogen-bond donors (Lipinski definition) is 1. The molecule has 0 aliphatic heterocycles. The molecule has 98 valence electrons. The van der Waals surface area contributed by atoms with E-state index in [2.05, 4.69) is 12.2 Å². The normalized spacial score (nSPS) is 11.8. The van der Waals surface area contributed by atoms with Gasteiger partial charge in [-0.3, -0.25) is 0 Å². The lowest BCUT2D eigenvalue weighted by atomic mass is 10.1. The molecule has 1 heterocycles. The summed E-state index contributed by atoms with van der Waals surface area (Å²) in [7, 11) is 1.65. The first-order valence-corrected chi connectivity index (χ1v) is 6.09. The number of methoxy groups -OCH3 is 1. The van der Waals surface area contributed by atoms with E-state index in [1.807, 2.05) is 36.4 Å². The third-order valence-electron chi connectivity index (χ3n) is 2.97. The second-order valence-corrected chi connectivity index (χ2v) is 4.25. The van der Waals surface area contributed by atoms with Gasteiger partial charge in [-0.2, -0.15) is 5.26 Å². The van der Waals surface area contributed by atoms with Crippen molar-refractivity contribution in [2.24, 2.45) is 0 Å². The molecular weight excluding hydrogens is 240 g/mol. The number of nitrogens with one attached hydrogen (secondary N) is 1. The van der Waals surface area contributed by atoms with Gasteiger partial charge in [-0.05, 0) is 36.8 Å². The lowest BCUT2D eigenvalue weighted by molar-refractivity contribution is 0.414. The van der Waals surface area contributed by atoms with Crippen LogP contribution in [0.15, 0.2) is 40.8 Å². The van der Waals surface area contributed by atoms with E-state index >= 15 is 0 Å². The van der Waals surface area contributed by atoms with Crippen LogP contribution >= 0.6 is 0 Å². The van der Waals surface area contributed by atoms with Gasteiger partial charge >= 0.3 is 0 Å². The Morgan fingerprint density at radius 1 is 1.26 bits per heavy atom. The summed E-state index contributed by atoms with van der Waals surface area (Å²) < 4.78 is 10.4. The van der Waals surface area contributed by atoms with Crippen LogP contribution < -0.4 is 10.1 Å². The first kappa shape index (κ1) is 13.2. The summed E-state index contributed by atoms with van der Waals surface area (Å²) in [6.07, 6.45) is 0. The number of benzene rings is 1. The molecule has 0 saturated carbocycles. The molecule has 1 aromatic heterocycles. The summed E-state index contributed by atoms with van der Waals surface area (Å²) in [6.45, 7) is 2.67. The molecule has 1 atom stereocenters. The summed E-state index contributed by atoms with van der Waals surface area (Å²) in [5, 5.41) is 12.0. The van der Waals surface area contributed by atoms with E-state index in [9.17, 15) is 0 Å². The minimum atomic E-state index is 0.196. The van der Waals surface area contributed by atoms with E-state index in [1.54, 1.807) is 13.2 Å². The van der Waals surface area contributed by atoms with Crippen LogP contribution in [-0.2, 0) is 6.54 Å². The monoisotopic (exact) mass is 256 g/mol. The van der Waals surface area contributed by atoms with E-state index in [4.69, 9.17) is 14.4 Å². The molecule has 0 bridgehead atoms. The average Bonchev–Trinajstić information content (AvgIpc) is 2.93. The average molecular weight is 256 g/mol. The number of furan rings is 1. The first-order chi connectivity index (χ1) is 9.22. The maximum atomic E-state index is 8.68. The fraction of sp³-hybridized carbons (Fsp3) is 0.267. The van der Waals surface area contributed by atoms with Crippen LogP contribution in [0.5, 0.6) is 5.75 Å². The van der Waals surface area contributed by atoms with Gasteiger partial charge in [0.15, 0.2) is 0 Å². The summed E-state index contributed by atoms with van der Waals surface area (Å²) in [5.41, 5.74) is 1.17. The van der Waals surface area contributed by atoms with Crippen molar-refractivity contribution >= 4 is 0 Å². The van der Waals surface area contributed by atoms with Crippen molar-refractivity contribution in [3.8, 4) is 11.8 Å². The van der Waals surface area contributed by atoms with Gasteiger partial charge in [0.25, 0.3) is 0 Å². The number of ether oxygens (including phenoxy) is 1. The second-order valence-electron chi connectivity index (χ2n) is 4.25. The molecule has 0 amide bonds. The Hall–Kier alpha value is -2.25. The van der Waals surface area contributed by atoms with E-state index in [0.717, 1.165) is 11.5 Å². The molecule has 4 heteroatoms. The zero-order valence-electron chi connectivity index (χ0n) is 11.0. The molecule has 0 aliphatic rings. The lowest BCUT2D eigenvalue weighted by Crippen LogP contribution is -2.17. The predicted molar refractivity (Wildman–Crippen MR) is 71.7 cm³/mol. The Balaban J connectivity index is 1.93. The third kappa shape index (κ3) is 3.36. The van der Waals surface area contributed by atoms with Gasteiger partial charge < -0.3 is 14.5 Å². The van der Waals surface area contributed by atoms with Crippen molar-refractivity contribution < 1.29 is 9.15 Å². The number of nitrogens with zero attached hydrogens (tertiary/aromatic N) is 1. The van der Waals surface area contributed by atoms with Crippen LogP contribution in [0.4, 0.5) is 0 Å². The van der Waals surface area contributed by atoms with E-state index in [0.29, 0.717) is 12.3 Å². The Morgan fingerprint density at radius 3 is 2.58 bits per heavy atom. The standard InChI is InChI=1S/C15H16N2O2/c1-11(12-3-5-13(18-2)6-4-12)17-10-15-8-7-14(9-16)19-15/h3-8,11,17H,10H2,1-2H3. The van der Waals surface area contributed by atoms with Crippen molar-refractivity contribution in [2.45, 2.75) is 19.5 Å². The highest BCUT2D eigenvalue weighted by Crippen LogP contribution is 2.18. The molecule has 1 N–H and O–H groups in total. The molecular formula is C15H16N2O2. The van der Waals surface area contributed by atoms with E-state index in [1.165, 1.54) is 5.56 Å². The Kier molecular flexibility index (Phi) is 4.22. The molecule has 0 spiro atoms. The highest BCUT2D eigenvalue weighted by atomic mass is 16.5. The van der Waals surface area contributed by atoms with Crippen molar-refractivity contribution in [2.75, 3.05) is 7.11 Å². The van der Waals surface area contributed by atoms with Crippen LogP contribution in [0, 0.1) is 11.3 Å². The number of nitriles is 1. The number of rotatable bonds is 5. The SMILES string of the molecule is COc1ccc(C(C)NCc2ccc(C#N)o2)cc1. The Labute approximate surface area is 112 Å². The Bertz CT molecular complexity index is 567. The lowest BCUT2D eigenvalue weighted by Gasteiger charge is -2.13. The zero-order valence-corrected chi connectivity index (χ0v) is 11.0. The van der Waals surface area contributed by atoms with Crippen LogP contribution in [-0.4, -0.2) is 7.11 Å². The molecule has 1 unspecified atom stereocenters. The number of hydrogen-bond acceptors (Lipinski definition) is 4. The zero-order chi connectivity index (χ0) is 13.7. The van der Waals surface area contributed by atoms with Crippen LogP contribution in [0.3, 0.4) is 0 Å². The molecule has 4 nitrogen and oxygen atoms in total. The second kappa shape index (κ2) is 6.07. The van der Waals surface area contributed by atoms with Gasteiger partial charge in [-0.25, -0.2) is 0 Å². The van der Waals surface area contributed by atoms with Gasteiger partial charge in [0.1, 0.15) is 17.6 Å². The van der Waals surface area contributed by atoms with Gasteiger partial charge in [0, 0.05) is 6.04 Å². The summed E-state index contributed by atoms with van der Waals surface area (Å²) >= 11 is 0. The molecule has 0 saturated heterocycles. The minimum absolute atomic E-state index is 0.196. The van der Waals surface area contributed by atoms with Gasteiger partial charge in [0.05, 0.1) is 13.7 Å². The maximum Gasteiger partial charge on any atom is 0.203 e.